The summed E-state index contributed by atoms with van der Waals surface area (Å²) in [4.78, 5) is 29.4. The van der Waals surface area contributed by atoms with Crippen LogP contribution in [0.4, 0.5) is 0 Å². The van der Waals surface area contributed by atoms with Crippen LogP contribution in [-0.4, -0.2) is 60.4 Å². The van der Waals surface area contributed by atoms with Crippen LogP contribution in [0.25, 0.3) is 5.76 Å². The molecule has 31 heavy (non-hydrogen) atoms. The van der Waals surface area contributed by atoms with Crippen LogP contribution in [0.2, 0.25) is 5.02 Å². The zero-order valence-corrected chi connectivity index (χ0v) is 18.7. The van der Waals surface area contributed by atoms with E-state index in [2.05, 4.69) is 0 Å². The Morgan fingerprint density at radius 2 is 1.87 bits per heavy atom. The Morgan fingerprint density at radius 3 is 2.48 bits per heavy atom. The van der Waals surface area contributed by atoms with Crippen LogP contribution in [0.5, 0.6) is 5.75 Å². The van der Waals surface area contributed by atoms with E-state index in [1.54, 1.807) is 23.1 Å². The Morgan fingerprint density at radius 1 is 1.16 bits per heavy atom. The SMILES string of the molecule is CCOc1ccc(/C(O)=C2/C(=O)C(=O)N(CCCN(C)C)C2c2ccccc2)cc1Cl. The Hall–Kier alpha value is -2.83. The first-order valence-electron chi connectivity index (χ1n) is 10.3. The van der Waals surface area contributed by atoms with E-state index >= 15 is 0 Å². The summed E-state index contributed by atoms with van der Waals surface area (Å²) in [5, 5.41) is 11.4. The minimum Gasteiger partial charge on any atom is -0.507 e. The Labute approximate surface area is 187 Å². The fourth-order valence-corrected chi connectivity index (χ4v) is 3.96. The zero-order valence-electron chi connectivity index (χ0n) is 18.0. The maximum atomic E-state index is 13.0. The van der Waals surface area contributed by atoms with Gasteiger partial charge in [0, 0.05) is 12.1 Å². The van der Waals surface area contributed by atoms with E-state index in [-0.39, 0.29) is 11.3 Å². The van der Waals surface area contributed by atoms with Gasteiger partial charge in [-0.2, -0.15) is 0 Å². The van der Waals surface area contributed by atoms with Crippen molar-refractivity contribution in [3.8, 4) is 5.75 Å². The summed E-state index contributed by atoms with van der Waals surface area (Å²) in [6, 6.07) is 13.4. The number of aliphatic hydroxyl groups excluding tert-OH is 1. The van der Waals surface area contributed by atoms with Crippen LogP contribution < -0.4 is 4.74 Å². The van der Waals surface area contributed by atoms with E-state index in [0.717, 1.165) is 12.1 Å². The van der Waals surface area contributed by atoms with Crippen LogP contribution in [0.15, 0.2) is 54.1 Å². The number of carbonyl (C=O) groups excluding carboxylic acids is 2. The van der Waals surface area contributed by atoms with E-state index in [1.165, 1.54) is 0 Å². The molecule has 0 saturated carbocycles. The first kappa shape index (κ1) is 22.8. The quantitative estimate of drug-likeness (QED) is 0.378. The van der Waals surface area contributed by atoms with Crippen molar-refractivity contribution < 1.29 is 19.4 Å². The van der Waals surface area contributed by atoms with Crippen LogP contribution in [0.3, 0.4) is 0 Å². The van der Waals surface area contributed by atoms with Crippen molar-refractivity contribution in [1.29, 1.82) is 0 Å². The molecule has 0 spiro atoms. The minimum atomic E-state index is -0.693. The standard InChI is InChI=1S/C24H27ClN2O4/c1-4-31-19-12-11-17(15-18(19)25)22(28)20-21(16-9-6-5-7-10-16)27(24(30)23(20)29)14-8-13-26(2)3/h5-7,9-12,15,21,28H,4,8,13-14H2,1-3H3/b22-20-. The number of aliphatic hydroxyl groups is 1. The lowest BCUT2D eigenvalue weighted by Gasteiger charge is -2.26. The largest absolute Gasteiger partial charge is 0.507 e. The van der Waals surface area contributed by atoms with Crippen LogP contribution >= 0.6 is 11.6 Å². The lowest BCUT2D eigenvalue weighted by Crippen LogP contribution is -2.32. The number of amides is 1. The smallest absolute Gasteiger partial charge is 0.295 e. The lowest BCUT2D eigenvalue weighted by molar-refractivity contribution is -0.139. The first-order valence-corrected chi connectivity index (χ1v) is 10.6. The van der Waals surface area contributed by atoms with Crippen LogP contribution in [0, 0.1) is 0 Å². The van der Waals surface area contributed by atoms with Crippen molar-refractivity contribution in [3.63, 3.8) is 0 Å². The number of Topliss-reactive ketones (excluding diaryl/α,β-unsaturated/α-hetero) is 1. The Balaban J connectivity index is 2.06. The third-order valence-corrected chi connectivity index (χ3v) is 5.46. The number of rotatable bonds is 8. The average molecular weight is 443 g/mol. The molecule has 1 amide bonds. The summed E-state index contributed by atoms with van der Waals surface area (Å²) in [7, 11) is 3.91. The highest BCUT2D eigenvalue weighted by Crippen LogP contribution is 2.40. The van der Waals surface area contributed by atoms with Crippen LogP contribution in [-0.2, 0) is 9.59 Å². The molecule has 0 radical (unpaired) electrons. The minimum absolute atomic E-state index is 0.0706. The van der Waals surface area contributed by atoms with Crippen molar-refractivity contribution in [2.45, 2.75) is 19.4 Å². The molecule has 0 bridgehead atoms. The summed E-state index contributed by atoms with van der Waals surface area (Å²) in [6.45, 7) is 3.49. The van der Waals surface area contributed by atoms with Gasteiger partial charge in [0.05, 0.1) is 23.2 Å². The Bertz CT molecular complexity index is 988. The lowest BCUT2D eigenvalue weighted by atomic mass is 9.95. The number of ketones is 1. The van der Waals surface area contributed by atoms with Gasteiger partial charge in [-0.05, 0) is 57.7 Å². The average Bonchev–Trinajstić information content (AvgIpc) is 3.00. The van der Waals surface area contributed by atoms with Crippen molar-refractivity contribution >= 4 is 29.1 Å². The van der Waals surface area contributed by atoms with E-state index in [1.807, 2.05) is 56.3 Å². The molecule has 3 rings (SSSR count). The molecule has 1 heterocycles. The number of ether oxygens (including phenoxy) is 1. The molecule has 1 unspecified atom stereocenters. The summed E-state index contributed by atoms with van der Waals surface area (Å²) < 4.78 is 5.44. The van der Waals surface area contributed by atoms with Gasteiger partial charge < -0.3 is 19.6 Å². The molecule has 6 nitrogen and oxygen atoms in total. The molecule has 1 saturated heterocycles. The molecular formula is C24H27ClN2O4. The third-order valence-electron chi connectivity index (χ3n) is 5.16. The van der Waals surface area contributed by atoms with E-state index in [0.29, 0.717) is 35.9 Å². The molecule has 2 aromatic carbocycles. The predicted octanol–water partition coefficient (Wildman–Crippen LogP) is 4.11. The summed E-state index contributed by atoms with van der Waals surface area (Å²) >= 11 is 6.28. The monoisotopic (exact) mass is 442 g/mol. The number of carbonyl (C=O) groups is 2. The van der Waals surface area contributed by atoms with Gasteiger partial charge in [-0.25, -0.2) is 0 Å². The zero-order chi connectivity index (χ0) is 22.5. The molecule has 7 heteroatoms. The maximum Gasteiger partial charge on any atom is 0.295 e. The van der Waals surface area contributed by atoms with Gasteiger partial charge in [0.25, 0.3) is 11.7 Å². The van der Waals surface area contributed by atoms with E-state index in [9.17, 15) is 14.7 Å². The molecule has 1 aliphatic rings. The highest BCUT2D eigenvalue weighted by atomic mass is 35.5. The van der Waals surface area contributed by atoms with Gasteiger partial charge in [0.15, 0.2) is 0 Å². The predicted molar refractivity (Wildman–Crippen MR) is 121 cm³/mol. The van der Waals surface area contributed by atoms with Gasteiger partial charge in [-0.3, -0.25) is 9.59 Å². The molecule has 1 aliphatic heterocycles. The molecule has 1 fully saturated rings. The van der Waals surface area contributed by atoms with Gasteiger partial charge in [0.1, 0.15) is 11.5 Å². The summed E-state index contributed by atoms with van der Waals surface area (Å²) in [6.07, 6.45) is 0.707. The molecular weight excluding hydrogens is 416 g/mol. The van der Waals surface area contributed by atoms with E-state index in [4.69, 9.17) is 16.3 Å². The number of halogens is 1. The van der Waals surface area contributed by atoms with Gasteiger partial charge in [0.2, 0.25) is 0 Å². The van der Waals surface area contributed by atoms with Gasteiger partial charge >= 0.3 is 0 Å². The van der Waals surface area contributed by atoms with Crippen LogP contribution in [0.1, 0.15) is 30.5 Å². The molecule has 1 atom stereocenters. The third kappa shape index (κ3) is 4.92. The summed E-state index contributed by atoms with van der Waals surface area (Å²) in [5.74, 6) is -1.05. The topological polar surface area (TPSA) is 70.1 Å². The second kappa shape index (κ2) is 9.98. The fourth-order valence-electron chi connectivity index (χ4n) is 3.73. The number of hydrogen-bond donors (Lipinski definition) is 1. The van der Waals surface area contributed by atoms with Crippen molar-refractivity contribution in [2.75, 3.05) is 33.8 Å². The highest BCUT2D eigenvalue weighted by molar-refractivity contribution is 6.46. The van der Waals surface area contributed by atoms with Crippen molar-refractivity contribution in [3.05, 3.63) is 70.3 Å². The van der Waals surface area contributed by atoms with E-state index < -0.39 is 17.7 Å². The number of likely N-dealkylation sites (tertiary alicyclic amines) is 1. The Kier molecular flexibility index (Phi) is 7.36. The first-order chi connectivity index (χ1) is 14.8. The fraction of sp³-hybridized carbons (Fsp3) is 0.333. The van der Waals surface area contributed by atoms with Crippen molar-refractivity contribution in [2.24, 2.45) is 0 Å². The van der Waals surface area contributed by atoms with Gasteiger partial charge in [-0.1, -0.05) is 41.9 Å². The van der Waals surface area contributed by atoms with Crippen molar-refractivity contribution in [1.82, 2.24) is 9.80 Å². The normalized spacial score (nSPS) is 18.1. The molecule has 0 aliphatic carbocycles. The van der Waals surface area contributed by atoms with Gasteiger partial charge in [-0.15, -0.1) is 0 Å². The maximum absolute atomic E-state index is 13.0. The number of hydrogen-bond acceptors (Lipinski definition) is 5. The molecule has 0 aromatic heterocycles. The molecule has 164 valence electrons. The highest BCUT2D eigenvalue weighted by Gasteiger charge is 2.45. The second-order valence-electron chi connectivity index (χ2n) is 7.64. The summed E-state index contributed by atoms with van der Waals surface area (Å²) in [5.41, 5.74) is 1.20. The second-order valence-corrected chi connectivity index (χ2v) is 8.05. The number of nitrogens with zero attached hydrogens (tertiary/aromatic N) is 2. The molecule has 1 N–H and O–H groups in total. The number of benzene rings is 2. The molecule has 2 aromatic rings.